The van der Waals surface area contributed by atoms with Crippen molar-refractivity contribution in [2.24, 2.45) is 23.2 Å². The molecule has 0 aliphatic heterocycles. The van der Waals surface area contributed by atoms with Gasteiger partial charge in [0.2, 0.25) is 11.7 Å². The minimum absolute atomic E-state index is 0.107. The van der Waals surface area contributed by atoms with Crippen LogP contribution in [0.3, 0.4) is 0 Å². The number of hydrogen-bond acceptors (Lipinski definition) is 5. The number of carbonyl (C=O) groups is 4. The summed E-state index contributed by atoms with van der Waals surface area (Å²) in [6, 6.07) is 0. The van der Waals surface area contributed by atoms with E-state index in [9.17, 15) is 19.2 Å². The second kappa shape index (κ2) is 8.49. The lowest BCUT2D eigenvalue weighted by molar-refractivity contribution is -0.147. The third kappa shape index (κ3) is 4.39. The van der Waals surface area contributed by atoms with E-state index in [1.54, 1.807) is 13.8 Å². The van der Waals surface area contributed by atoms with E-state index in [4.69, 9.17) is 4.74 Å². The van der Waals surface area contributed by atoms with E-state index in [1.807, 2.05) is 0 Å². The van der Waals surface area contributed by atoms with E-state index in [-0.39, 0.29) is 29.3 Å². The zero-order valence-corrected chi connectivity index (χ0v) is 19.5. The Morgan fingerprint density at radius 1 is 1.06 bits per heavy atom. The highest BCUT2D eigenvalue weighted by molar-refractivity contribution is 6.05. The Hall–Kier alpha value is -2.44. The maximum absolute atomic E-state index is 12.7. The Morgan fingerprint density at radius 2 is 1.62 bits per heavy atom. The summed E-state index contributed by atoms with van der Waals surface area (Å²) < 4.78 is 5.27. The van der Waals surface area contributed by atoms with Crippen LogP contribution < -0.4 is 5.32 Å². The van der Waals surface area contributed by atoms with E-state index in [2.05, 4.69) is 10.3 Å². The van der Waals surface area contributed by atoms with Gasteiger partial charge >= 0.3 is 5.97 Å². The SMILES string of the molecule is CC(=O)c1c(C)[nH]c(C(=O)C(C)OC(=O)CNC(=O)CC23CC4CC(CC(C4)C2)C3)c1C. The average Bonchev–Trinajstić information content (AvgIpc) is 2.98. The van der Waals surface area contributed by atoms with Gasteiger partial charge in [0.1, 0.15) is 6.54 Å². The fraction of sp³-hybridized carbons (Fsp3) is 0.680. The molecule has 174 valence electrons. The number of aromatic amines is 1. The fourth-order valence-electron chi connectivity index (χ4n) is 7.10. The normalized spacial score (nSPS) is 28.9. The van der Waals surface area contributed by atoms with Crippen LogP contribution in [0.5, 0.6) is 0 Å². The molecule has 1 unspecified atom stereocenters. The minimum atomic E-state index is -1.01. The molecule has 7 nitrogen and oxygen atoms in total. The number of hydrogen-bond donors (Lipinski definition) is 2. The number of esters is 1. The number of amides is 1. The highest BCUT2D eigenvalue weighted by Gasteiger charge is 2.51. The number of aryl methyl sites for hydroxylation is 1. The van der Waals surface area contributed by atoms with Gasteiger partial charge in [0.05, 0.1) is 5.69 Å². The van der Waals surface area contributed by atoms with Gasteiger partial charge in [-0.25, -0.2) is 0 Å². The molecule has 1 aromatic heterocycles. The van der Waals surface area contributed by atoms with Crippen LogP contribution in [0.15, 0.2) is 0 Å². The predicted octanol–water partition coefficient (Wildman–Crippen LogP) is 3.67. The maximum atomic E-state index is 12.7. The summed E-state index contributed by atoms with van der Waals surface area (Å²) in [5, 5.41) is 2.70. The molecule has 0 aromatic carbocycles. The summed E-state index contributed by atoms with van der Waals surface area (Å²) in [6.07, 6.45) is 6.86. The third-order valence-corrected chi connectivity index (χ3v) is 7.84. The first-order valence-electron chi connectivity index (χ1n) is 11.8. The molecule has 1 heterocycles. The third-order valence-electron chi connectivity index (χ3n) is 7.84. The van der Waals surface area contributed by atoms with Gasteiger partial charge in [0.25, 0.3) is 0 Å². The molecule has 1 aromatic rings. The summed E-state index contributed by atoms with van der Waals surface area (Å²) in [5.74, 6) is 1.05. The van der Waals surface area contributed by atoms with Crippen LogP contribution in [0.2, 0.25) is 0 Å². The monoisotopic (exact) mass is 442 g/mol. The van der Waals surface area contributed by atoms with Gasteiger partial charge in [-0.2, -0.15) is 0 Å². The van der Waals surface area contributed by atoms with Crippen molar-refractivity contribution in [2.75, 3.05) is 6.54 Å². The van der Waals surface area contributed by atoms with Crippen molar-refractivity contribution in [1.29, 1.82) is 0 Å². The molecule has 4 fully saturated rings. The van der Waals surface area contributed by atoms with Gasteiger partial charge in [-0.1, -0.05) is 0 Å². The van der Waals surface area contributed by atoms with Crippen LogP contribution in [0.1, 0.15) is 90.9 Å². The molecule has 0 radical (unpaired) electrons. The standard InChI is InChI=1S/C25H34N2O5/c1-13-22(15(3)28)14(2)27-23(13)24(31)16(4)32-21(30)12-26-20(29)11-25-8-17-5-18(9-25)7-19(6-17)10-25/h16-19,27H,5-12H2,1-4H3,(H,26,29). The van der Waals surface area contributed by atoms with Crippen LogP contribution >= 0.6 is 0 Å². The molecular formula is C25H34N2O5. The second-order valence-electron chi connectivity index (χ2n) is 10.5. The summed E-state index contributed by atoms with van der Waals surface area (Å²) in [7, 11) is 0. The van der Waals surface area contributed by atoms with E-state index < -0.39 is 17.9 Å². The van der Waals surface area contributed by atoms with Crippen LogP contribution in [0.4, 0.5) is 0 Å². The Balaban J connectivity index is 1.28. The molecule has 1 atom stereocenters. The largest absolute Gasteiger partial charge is 0.453 e. The quantitative estimate of drug-likeness (QED) is 0.472. The predicted molar refractivity (Wildman–Crippen MR) is 118 cm³/mol. The summed E-state index contributed by atoms with van der Waals surface area (Å²) in [4.78, 5) is 52.3. The van der Waals surface area contributed by atoms with E-state index >= 15 is 0 Å². The van der Waals surface area contributed by atoms with Crippen molar-refractivity contribution in [3.63, 3.8) is 0 Å². The number of ketones is 2. The Morgan fingerprint density at radius 3 is 2.12 bits per heavy atom. The van der Waals surface area contributed by atoms with Crippen molar-refractivity contribution in [3.8, 4) is 0 Å². The molecule has 4 bridgehead atoms. The molecule has 4 saturated carbocycles. The topological polar surface area (TPSA) is 105 Å². The number of ether oxygens (including phenoxy) is 1. The molecule has 5 rings (SSSR count). The van der Waals surface area contributed by atoms with Gasteiger partial charge in [-0.3, -0.25) is 19.2 Å². The van der Waals surface area contributed by atoms with Gasteiger partial charge in [-0.05, 0) is 95.0 Å². The number of rotatable bonds is 8. The molecule has 7 heteroatoms. The molecule has 4 aliphatic rings. The van der Waals surface area contributed by atoms with Crippen molar-refractivity contribution >= 4 is 23.4 Å². The Kier molecular flexibility index (Phi) is 6.03. The smallest absolute Gasteiger partial charge is 0.326 e. The maximum Gasteiger partial charge on any atom is 0.326 e. The molecule has 32 heavy (non-hydrogen) atoms. The molecular weight excluding hydrogens is 408 g/mol. The fourth-order valence-corrected chi connectivity index (χ4v) is 7.10. The number of nitrogens with one attached hydrogen (secondary N) is 2. The van der Waals surface area contributed by atoms with Crippen LogP contribution in [-0.2, 0) is 14.3 Å². The number of carbonyl (C=O) groups excluding carboxylic acids is 4. The van der Waals surface area contributed by atoms with Crippen molar-refractivity contribution < 1.29 is 23.9 Å². The van der Waals surface area contributed by atoms with Crippen molar-refractivity contribution in [2.45, 2.75) is 78.7 Å². The van der Waals surface area contributed by atoms with Crippen LogP contribution in [0.25, 0.3) is 0 Å². The van der Waals surface area contributed by atoms with Crippen LogP contribution in [0, 0.1) is 37.0 Å². The second-order valence-corrected chi connectivity index (χ2v) is 10.5. The summed E-state index contributed by atoms with van der Waals surface area (Å²) in [5.41, 5.74) is 2.06. The van der Waals surface area contributed by atoms with Crippen molar-refractivity contribution in [1.82, 2.24) is 10.3 Å². The number of Topliss-reactive ketones (excluding diaryl/α,β-unsaturated/α-hetero) is 2. The molecule has 4 aliphatic carbocycles. The Bertz CT molecular complexity index is 924. The minimum Gasteiger partial charge on any atom is -0.453 e. The lowest BCUT2D eigenvalue weighted by Gasteiger charge is -2.56. The van der Waals surface area contributed by atoms with Crippen molar-refractivity contribution in [3.05, 3.63) is 22.5 Å². The highest BCUT2D eigenvalue weighted by atomic mass is 16.5. The summed E-state index contributed by atoms with van der Waals surface area (Å²) in [6.45, 7) is 6.14. The zero-order chi connectivity index (χ0) is 23.2. The lowest BCUT2D eigenvalue weighted by atomic mass is 9.49. The average molecular weight is 443 g/mol. The Labute approximate surface area is 189 Å². The summed E-state index contributed by atoms with van der Waals surface area (Å²) >= 11 is 0. The zero-order valence-electron chi connectivity index (χ0n) is 19.5. The first-order chi connectivity index (χ1) is 15.1. The molecule has 0 saturated heterocycles. The van der Waals surface area contributed by atoms with Crippen LogP contribution in [-0.4, -0.2) is 41.1 Å². The highest BCUT2D eigenvalue weighted by Crippen LogP contribution is 2.61. The van der Waals surface area contributed by atoms with Gasteiger partial charge in [0, 0.05) is 17.7 Å². The van der Waals surface area contributed by atoms with Gasteiger partial charge < -0.3 is 15.0 Å². The molecule has 2 N–H and O–H groups in total. The van der Waals surface area contributed by atoms with E-state index in [1.165, 1.54) is 33.1 Å². The first-order valence-corrected chi connectivity index (χ1v) is 11.8. The molecule has 1 amide bonds. The first kappa shape index (κ1) is 22.7. The van der Waals surface area contributed by atoms with E-state index in [0.29, 0.717) is 23.2 Å². The van der Waals surface area contributed by atoms with E-state index in [0.717, 1.165) is 37.0 Å². The number of H-pyrrole nitrogens is 1. The molecule has 0 spiro atoms. The lowest BCUT2D eigenvalue weighted by Crippen LogP contribution is -2.48. The van der Waals surface area contributed by atoms with Gasteiger partial charge in [-0.15, -0.1) is 0 Å². The van der Waals surface area contributed by atoms with Gasteiger partial charge in [0.15, 0.2) is 11.9 Å². The number of aromatic nitrogens is 1.